The molecule has 1 aliphatic heterocycles. The van der Waals surface area contributed by atoms with Crippen molar-refractivity contribution < 1.29 is 18.3 Å². The summed E-state index contributed by atoms with van der Waals surface area (Å²) in [7, 11) is -3.61. The molecule has 2 rings (SSSR count). The highest BCUT2D eigenvalue weighted by atomic mass is 127. The first-order valence-corrected chi connectivity index (χ1v) is 9.33. The molecule has 0 bridgehead atoms. The van der Waals surface area contributed by atoms with Crippen molar-refractivity contribution >= 4 is 38.6 Å². The quantitative estimate of drug-likeness (QED) is 0.739. The molecular weight excluding hydrogens is 405 g/mol. The number of nitrogens with zero attached hydrogens (tertiary/aromatic N) is 1. The Balaban J connectivity index is 2.27. The molecule has 0 radical (unpaired) electrons. The zero-order chi connectivity index (χ0) is 15.7. The molecule has 1 N–H and O–H groups in total. The van der Waals surface area contributed by atoms with Crippen molar-refractivity contribution in [2.24, 2.45) is 5.41 Å². The molecule has 1 aromatic rings. The molecule has 7 heteroatoms. The lowest BCUT2D eigenvalue weighted by atomic mass is 9.83. The van der Waals surface area contributed by atoms with Crippen LogP contribution in [0.1, 0.15) is 26.2 Å². The van der Waals surface area contributed by atoms with Crippen molar-refractivity contribution in [2.75, 3.05) is 13.1 Å². The van der Waals surface area contributed by atoms with Crippen LogP contribution < -0.4 is 0 Å². The van der Waals surface area contributed by atoms with E-state index < -0.39 is 21.4 Å². The average Bonchev–Trinajstić information content (AvgIpc) is 2.86. The average molecular weight is 423 g/mol. The Labute approximate surface area is 138 Å². The summed E-state index contributed by atoms with van der Waals surface area (Å²) in [5.74, 6) is -0.898. The molecule has 0 amide bonds. The van der Waals surface area contributed by atoms with Gasteiger partial charge in [0.15, 0.2) is 0 Å². The summed E-state index contributed by atoms with van der Waals surface area (Å²) in [4.78, 5) is 11.8. The van der Waals surface area contributed by atoms with Crippen LogP contribution in [0, 0.1) is 8.99 Å². The van der Waals surface area contributed by atoms with Crippen LogP contribution in [0.3, 0.4) is 0 Å². The van der Waals surface area contributed by atoms with Gasteiger partial charge in [0.1, 0.15) is 0 Å². The maximum absolute atomic E-state index is 12.6. The lowest BCUT2D eigenvalue weighted by Gasteiger charge is -2.24. The van der Waals surface area contributed by atoms with E-state index in [9.17, 15) is 18.3 Å². The van der Waals surface area contributed by atoms with Gasteiger partial charge in [0, 0.05) is 16.7 Å². The second-order valence-corrected chi connectivity index (χ2v) is 8.56. The highest BCUT2D eigenvalue weighted by molar-refractivity contribution is 14.1. The molecule has 1 aromatic carbocycles. The molecule has 0 aromatic heterocycles. The van der Waals surface area contributed by atoms with Gasteiger partial charge in [0.25, 0.3) is 0 Å². The molecule has 1 aliphatic rings. The van der Waals surface area contributed by atoms with E-state index in [-0.39, 0.29) is 18.0 Å². The molecule has 5 nitrogen and oxygen atoms in total. The van der Waals surface area contributed by atoms with E-state index in [2.05, 4.69) is 22.6 Å². The summed E-state index contributed by atoms with van der Waals surface area (Å²) >= 11 is 2.11. The molecule has 0 saturated carbocycles. The molecular formula is C14H18INO4S. The maximum Gasteiger partial charge on any atom is 0.311 e. The van der Waals surface area contributed by atoms with Crippen molar-refractivity contribution in [3.63, 3.8) is 0 Å². The zero-order valence-corrected chi connectivity index (χ0v) is 14.7. The molecule has 1 atom stereocenters. The highest BCUT2D eigenvalue weighted by Gasteiger charge is 2.47. The summed E-state index contributed by atoms with van der Waals surface area (Å²) < 4.78 is 27.4. The van der Waals surface area contributed by atoms with Crippen LogP contribution in [0.2, 0.25) is 0 Å². The summed E-state index contributed by atoms with van der Waals surface area (Å²) in [5.41, 5.74) is -0.939. The third-order valence-corrected chi connectivity index (χ3v) is 6.53. The Morgan fingerprint density at radius 3 is 2.52 bits per heavy atom. The fourth-order valence-electron chi connectivity index (χ4n) is 2.76. The van der Waals surface area contributed by atoms with E-state index >= 15 is 0 Å². The van der Waals surface area contributed by atoms with Gasteiger partial charge in [-0.1, -0.05) is 13.3 Å². The maximum atomic E-state index is 12.6. The second-order valence-electron chi connectivity index (χ2n) is 5.38. The lowest BCUT2D eigenvalue weighted by molar-refractivity contribution is -0.148. The second kappa shape index (κ2) is 6.21. The number of halogens is 1. The number of hydrogen-bond acceptors (Lipinski definition) is 3. The SMILES string of the molecule is CCCC1(C(=O)O)CCN(S(=O)(=O)c2ccc(I)cc2)C1. The summed E-state index contributed by atoms with van der Waals surface area (Å²) in [6, 6.07) is 6.61. The van der Waals surface area contributed by atoms with Gasteiger partial charge in [0.2, 0.25) is 10.0 Å². The number of sulfonamides is 1. The molecule has 1 saturated heterocycles. The number of aliphatic carboxylic acids is 1. The summed E-state index contributed by atoms with van der Waals surface area (Å²) in [6.07, 6.45) is 1.60. The van der Waals surface area contributed by atoms with Gasteiger partial charge in [-0.15, -0.1) is 0 Å². The number of carbonyl (C=O) groups is 1. The third kappa shape index (κ3) is 3.24. The summed E-state index contributed by atoms with van der Waals surface area (Å²) in [6.45, 7) is 2.24. The Kier molecular flexibility index (Phi) is 4.94. The van der Waals surface area contributed by atoms with Gasteiger partial charge in [0.05, 0.1) is 10.3 Å². The first kappa shape index (κ1) is 16.7. The van der Waals surface area contributed by atoms with Crippen molar-refractivity contribution in [3.8, 4) is 0 Å². The standard InChI is InChI=1S/C14H18INO4S/c1-2-7-14(13(17)18)8-9-16(10-14)21(19,20)12-5-3-11(15)4-6-12/h3-6H,2,7-10H2,1H3,(H,17,18). The number of rotatable bonds is 5. The third-order valence-electron chi connectivity index (χ3n) is 3.95. The Bertz CT molecular complexity index is 629. The monoisotopic (exact) mass is 423 g/mol. The van der Waals surface area contributed by atoms with E-state index in [0.29, 0.717) is 12.8 Å². The van der Waals surface area contributed by atoms with Crippen LogP contribution in [0.25, 0.3) is 0 Å². The molecule has 1 unspecified atom stereocenters. The number of hydrogen-bond donors (Lipinski definition) is 1. The van der Waals surface area contributed by atoms with Gasteiger partial charge in [-0.2, -0.15) is 4.31 Å². The Morgan fingerprint density at radius 1 is 1.38 bits per heavy atom. The Hall–Kier alpha value is -0.670. The fourth-order valence-corrected chi connectivity index (χ4v) is 4.65. The molecule has 21 heavy (non-hydrogen) atoms. The number of carboxylic acids is 1. The van der Waals surface area contributed by atoms with Crippen molar-refractivity contribution in [1.82, 2.24) is 4.31 Å². The highest BCUT2D eigenvalue weighted by Crippen LogP contribution is 2.38. The molecule has 0 spiro atoms. The van der Waals surface area contributed by atoms with Gasteiger partial charge >= 0.3 is 5.97 Å². The predicted octanol–water partition coefficient (Wildman–Crippen LogP) is 2.56. The van der Waals surface area contributed by atoms with E-state index in [0.717, 1.165) is 9.99 Å². The molecule has 1 heterocycles. The molecule has 116 valence electrons. The minimum absolute atomic E-state index is 0.0600. The first-order chi connectivity index (χ1) is 9.82. The van der Waals surface area contributed by atoms with Gasteiger partial charge < -0.3 is 5.11 Å². The largest absolute Gasteiger partial charge is 0.481 e. The van der Waals surface area contributed by atoms with Gasteiger partial charge in [-0.3, -0.25) is 4.79 Å². The first-order valence-electron chi connectivity index (χ1n) is 6.81. The van der Waals surface area contributed by atoms with Crippen molar-refractivity contribution in [1.29, 1.82) is 0 Å². The molecule has 1 fully saturated rings. The van der Waals surface area contributed by atoms with E-state index in [4.69, 9.17) is 0 Å². The number of carboxylic acid groups (broad SMARTS) is 1. The normalized spacial score (nSPS) is 23.3. The van der Waals surface area contributed by atoms with E-state index in [1.807, 2.05) is 6.92 Å². The van der Waals surface area contributed by atoms with Crippen LogP contribution in [0.15, 0.2) is 29.2 Å². The van der Waals surface area contributed by atoms with Crippen molar-refractivity contribution in [3.05, 3.63) is 27.8 Å². The minimum Gasteiger partial charge on any atom is -0.481 e. The smallest absolute Gasteiger partial charge is 0.311 e. The fraction of sp³-hybridized carbons (Fsp3) is 0.500. The van der Waals surface area contributed by atoms with Crippen LogP contribution in [-0.4, -0.2) is 36.9 Å². The topological polar surface area (TPSA) is 74.7 Å². The van der Waals surface area contributed by atoms with E-state index in [1.165, 1.54) is 4.31 Å². The number of benzene rings is 1. The zero-order valence-electron chi connectivity index (χ0n) is 11.8. The molecule has 0 aliphatic carbocycles. The lowest BCUT2D eigenvalue weighted by Crippen LogP contribution is -2.36. The Morgan fingerprint density at radius 2 is 2.00 bits per heavy atom. The minimum atomic E-state index is -3.61. The summed E-state index contributed by atoms with van der Waals surface area (Å²) in [5, 5.41) is 9.46. The van der Waals surface area contributed by atoms with Gasteiger partial charge in [-0.05, 0) is 59.7 Å². The van der Waals surface area contributed by atoms with Crippen LogP contribution in [-0.2, 0) is 14.8 Å². The predicted molar refractivity (Wildman–Crippen MR) is 87.5 cm³/mol. The van der Waals surface area contributed by atoms with Crippen molar-refractivity contribution in [2.45, 2.75) is 31.1 Å². The van der Waals surface area contributed by atoms with Crippen LogP contribution >= 0.6 is 22.6 Å². The van der Waals surface area contributed by atoms with Gasteiger partial charge in [-0.25, -0.2) is 8.42 Å². The van der Waals surface area contributed by atoms with Crippen LogP contribution in [0.5, 0.6) is 0 Å². The van der Waals surface area contributed by atoms with Crippen LogP contribution in [0.4, 0.5) is 0 Å². The van der Waals surface area contributed by atoms with E-state index in [1.54, 1.807) is 24.3 Å².